The van der Waals surface area contributed by atoms with E-state index in [-0.39, 0.29) is 24.9 Å². The molecule has 1 saturated heterocycles. The SMILES string of the molecule is CN1CC(=O)N(c2ccc(N)cc2Cl)CC1=O. The van der Waals surface area contributed by atoms with Crippen LogP contribution in [0.1, 0.15) is 0 Å². The van der Waals surface area contributed by atoms with Gasteiger partial charge in [0, 0.05) is 12.7 Å². The van der Waals surface area contributed by atoms with E-state index in [0.717, 1.165) is 0 Å². The summed E-state index contributed by atoms with van der Waals surface area (Å²) in [6.45, 7) is 0.0819. The van der Waals surface area contributed by atoms with Crippen molar-refractivity contribution in [3.63, 3.8) is 0 Å². The molecule has 90 valence electrons. The van der Waals surface area contributed by atoms with Crippen LogP contribution in [0.3, 0.4) is 0 Å². The number of nitrogens with zero attached hydrogens (tertiary/aromatic N) is 2. The highest BCUT2D eigenvalue weighted by molar-refractivity contribution is 6.34. The van der Waals surface area contributed by atoms with Crippen molar-refractivity contribution in [3.05, 3.63) is 23.2 Å². The number of hydrogen-bond donors (Lipinski definition) is 1. The summed E-state index contributed by atoms with van der Waals surface area (Å²) in [6.07, 6.45) is 0. The fourth-order valence-electron chi connectivity index (χ4n) is 1.68. The number of rotatable bonds is 1. The van der Waals surface area contributed by atoms with Crippen LogP contribution in [0.4, 0.5) is 11.4 Å². The number of amides is 2. The van der Waals surface area contributed by atoms with Crippen LogP contribution in [0, 0.1) is 0 Å². The normalized spacial score (nSPS) is 16.6. The molecule has 1 aliphatic rings. The van der Waals surface area contributed by atoms with Gasteiger partial charge in [0.1, 0.15) is 6.54 Å². The molecule has 1 aromatic carbocycles. The molecule has 17 heavy (non-hydrogen) atoms. The molecule has 1 aliphatic heterocycles. The lowest BCUT2D eigenvalue weighted by molar-refractivity contribution is -0.136. The molecule has 5 nitrogen and oxygen atoms in total. The van der Waals surface area contributed by atoms with Gasteiger partial charge in [-0.2, -0.15) is 0 Å². The van der Waals surface area contributed by atoms with E-state index >= 15 is 0 Å². The standard InChI is InChI=1S/C11H12ClN3O2/c1-14-5-11(17)15(6-10(14)16)9-3-2-7(13)4-8(9)12/h2-4H,5-6,13H2,1H3. The highest BCUT2D eigenvalue weighted by Crippen LogP contribution is 2.28. The number of nitrogens with two attached hydrogens (primary N) is 1. The van der Waals surface area contributed by atoms with Gasteiger partial charge in [-0.05, 0) is 18.2 Å². The fraction of sp³-hybridized carbons (Fsp3) is 0.273. The summed E-state index contributed by atoms with van der Waals surface area (Å²) in [4.78, 5) is 26.2. The number of anilines is 2. The lowest BCUT2D eigenvalue weighted by Gasteiger charge is -2.32. The predicted octanol–water partition coefficient (Wildman–Crippen LogP) is 0.727. The Balaban J connectivity index is 2.33. The van der Waals surface area contributed by atoms with Crippen LogP contribution in [0.25, 0.3) is 0 Å². The van der Waals surface area contributed by atoms with Gasteiger partial charge >= 0.3 is 0 Å². The molecule has 2 N–H and O–H groups in total. The van der Waals surface area contributed by atoms with Crippen molar-refractivity contribution in [2.24, 2.45) is 0 Å². The monoisotopic (exact) mass is 253 g/mol. The Hall–Kier alpha value is -1.75. The Bertz CT molecular complexity index is 490. The Morgan fingerprint density at radius 2 is 1.94 bits per heavy atom. The van der Waals surface area contributed by atoms with Crippen molar-refractivity contribution in [3.8, 4) is 0 Å². The van der Waals surface area contributed by atoms with Crippen molar-refractivity contribution in [2.75, 3.05) is 30.8 Å². The number of hydrogen-bond acceptors (Lipinski definition) is 3. The Labute approximate surface area is 104 Å². The molecule has 2 amide bonds. The molecule has 1 aromatic rings. The summed E-state index contributed by atoms with van der Waals surface area (Å²) >= 11 is 6.01. The van der Waals surface area contributed by atoms with Gasteiger partial charge in [-0.1, -0.05) is 11.6 Å². The maximum Gasteiger partial charge on any atom is 0.247 e. The molecule has 1 heterocycles. The average Bonchev–Trinajstić information content (AvgIpc) is 2.24. The van der Waals surface area contributed by atoms with Crippen molar-refractivity contribution in [2.45, 2.75) is 0 Å². The zero-order chi connectivity index (χ0) is 12.6. The van der Waals surface area contributed by atoms with E-state index in [0.29, 0.717) is 16.4 Å². The van der Waals surface area contributed by atoms with Crippen LogP contribution < -0.4 is 10.6 Å². The topological polar surface area (TPSA) is 66.6 Å². The van der Waals surface area contributed by atoms with Crippen molar-refractivity contribution < 1.29 is 9.59 Å². The number of halogens is 1. The van der Waals surface area contributed by atoms with E-state index in [4.69, 9.17) is 17.3 Å². The molecular weight excluding hydrogens is 242 g/mol. The average molecular weight is 254 g/mol. The smallest absolute Gasteiger partial charge is 0.247 e. The first kappa shape index (κ1) is 11.7. The fourth-order valence-corrected chi connectivity index (χ4v) is 1.97. The molecule has 0 atom stereocenters. The van der Waals surface area contributed by atoms with Gasteiger partial charge in [-0.3, -0.25) is 14.5 Å². The second kappa shape index (κ2) is 4.25. The van der Waals surface area contributed by atoms with Crippen LogP contribution in [0.5, 0.6) is 0 Å². The van der Waals surface area contributed by atoms with E-state index in [1.807, 2.05) is 0 Å². The number of likely N-dealkylation sites (N-methyl/N-ethyl adjacent to an activating group) is 1. The molecule has 0 aromatic heterocycles. The van der Waals surface area contributed by atoms with E-state index in [2.05, 4.69) is 0 Å². The summed E-state index contributed by atoms with van der Waals surface area (Å²) in [7, 11) is 1.60. The lowest BCUT2D eigenvalue weighted by Crippen LogP contribution is -2.52. The summed E-state index contributed by atoms with van der Waals surface area (Å²) < 4.78 is 0. The van der Waals surface area contributed by atoms with Crippen molar-refractivity contribution in [1.82, 2.24) is 4.90 Å². The second-order valence-electron chi connectivity index (χ2n) is 3.94. The van der Waals surface area contributed by atoms with Gasteiger partial charge < -0.3 is 10.6 Å². The molecule has 2 rings (SSSR count). The summed E-state index contributed by atoms with van der Waals surface area (Å²) in [5.41, 5.74) is 6.62. The molecule has 0 unspecified atom stereocenters. The van der Waals surface area contributed by atoms with Crippen molar-refractivity contribution in [1.29, 1.82) is 0 Å². The molecule has 0 aliphatic carbocycles. The first-order valence-electron chi connectivity index (χ1n) is 5.08. The van der Waals surface area contributed by atoms with E-state index in [1.165, 1.54) is 9.80 Å². The third-order valence-electron chi connectivity index (χ3n) is 2.66. The van der Waals surface area contributed by atoms with Crippen LogP contribution >= 0.6 is 11.6 Å². The van der Waals surface area contributed by atoms with Gasteiger partial charge in [0.25, 0.3) is 0 Å². The number of benzene rings is 1. The molecule has 6 heteroatoms. The molecule has 0 bridgehead atoms. The number of carbonyl (C=O) groups excluding carboxylic acids is 2. The highest BCUT2D eigenvalue weighted by Gasteiger charge is 2.29. The third kappa shape index (κ3) is 2.19. The Morgan fingerprint density at radius 3 is 2.59 bits per heavy atom. The second-order valence-corrected chi connectivity index (χ2v) is 4.35. The maximum atomic E-state index is 11.8. The molecular formula is C11H12ClN3O2. The quantitative estimate of drug-likeness (QED) is 0.751. The lowest BCUT2D eigenvalue weighted by atomic mass is 10.2. The van der Waals surface area contributed by atoms with Crippen LogP contribution in [0.2, 0.25) is 5.02 Å². The number of carbonyl (C=O) groups is 2. The minimum atomic E-state index is -0.154. The van der Waals surface area contributed by atoms with Gasteiger partial charge in [0.15, 0.2) is 0 Å². The van der Waals surface area contributed by atoms with Gasteiger partial charge in [0.05, 0.1) is 17.3 Å². The van der Waals surface area contributed by atoms with Crippen LogP contribution in [0.15, 0.2) is 18.2 Å². The van der Waals surface area contributed by atoms with Gasteiger partial charge in [-0.15, -0.1) is 0 Å². The van der Waals surface area contributed by atoms with E-state index in [1.54, 1.807) is 25.2 Å². The maximum absolute atomic E-state index is 11.8. The first-order chi connectivity index (χ1) is 7.99. The Kier molecular flexibility index (Phi) is 2.93. The molecule has 0 spiro atoms. The summed E-state index contributed by atoms with van der Waals surface area (Å²) in [5.74, 6) is -0.267. The van der Waals surface area contributed by atoms with E-state index in [9.17, 15) is 9.59 Å². The van der Waals surface area contributed by atoms with Crippen LogP contribution in [-0.2, 0) is 9.59 Å². The zero-order valence-electron chi connectivity index (χ0n) is 9.31. The number of piperazine rings is 1. The van der Waals surface area contributed by atoms with E-state index < -0.39 is 0 Å². The summed E-state index contributed by atoms with van der Waals surface area (Å²) in [5, 5.41) is 0.371. The molecule has 1 fully saturated rings. The first-order valence-corrected chi connectivity index (χ1v) is 5.46. The largest absolute Gasteiger partial charge is 0.399 e. The number of nitrogen functional groups attached to an aromatic ring is 1. The van der Waals surface area contributed by atoms with Gasteiger partial charge in [0.2, 0.25) is 11.8 Å². The van der Waals surface area contributed by atoms with Gasteiger partial charge in [-0.25, -0.2) is 0 Å². The minimum absolute atomic E-state index is 0.0129. The third-order valence-corrected chi connectivity index (χ3v) is 2.96. The summed E-state index contributed by atoms with van der Waals surface area (Å²) in [6, 6.07) is 4.86. The molecule has 0 radical (unpaired) electrons. The minimum Gasteiger partial charge on any atom is -0.399 e. The van der Waals surface area contributed by atoms with Crippen molar-refractivity contribution >= 4 is 34.8 Å². The Morgan fingerprint density at radius 1 is 1.24 bits per heavy atom. The molecule has 0 saturated carbocycles. The predicted molar refractivity (Wildman–Crippen MR) is 65.9 cm³/mol. The highest BCUT2D eigenvalue weighted by atomic mass is 35.5. The zero-order valence-corrected chi connectivity index (χ0v) is 10.1. The van der Waals surface area contributed by atoms with Crippen LogP contribution in [-0.4, -0.2) is 36.9 Å².